The third-order valence-electron chi connectivity index (χ3n) is 4.45. The fourth-order valence-electron chi connectivity index (χ4n) is 3.18. The molecule has 6 heteroatoms. The molecule has 0 saturated heterocycles. The maximum absolute atomic E-state index is 11.1. The lowest BCUT2D eigenvalue weighted by molar-refractivity contribution is 0.0689. The number of hydrogen-bond donors (Lipinski definition) is 1. The van der Waals surface area contributed by atoms with E-state index >= 15 is 0 Å². The molecule has 0 fully saturated rings. The summed E-state index contributed by atoms with van der Waals surface area (Å²) in [6, 6.07) is 17.4. The van der Waals surface area contributed by atoms with Crippen LogP contribution in [0, 0.1) is 6.92 Å². The summed E-state index contributed by atoms with van der Waals surface area (Å²) in [5.41, 5.74) is 3.56. The van der Waals surface area contributed by atoms with Crippen LogP contribution in [-0.4, -0.2) is 20.9 Å². The van der Waals surface area contributed by atoms with E-state index in [-0.39, 0.29) is 5.69 Å². The van der Waals surface area contributed by atoms with Crippen LogP contribution in [0.2, 0.25) is 5.02 Å². The van der Waals surface area contributed by atoms with Gasteiger partial charge in [0.2, 0.25) is 0 Å². The fraction of sp³-hybridized carbons (Fsp3) is 0.143. The summed E-state index contributed by atoms with van der Waals surface area (Å²) in [5.74, 6) is -0.195. The maximum atomic E-state index is 11.1. The lowest BCUT2D eigenvalue weighted by Gasteiger charge is -2.06. The zero-order valence-corrected chi connectivity index (χ0v) is 15.4. The van der Waals surface area contributed by atoms with E-state index < -0.39 is 5.97 Å². The number of aromatic nitrogens is 2. The second-order valence-electron chi connectivity index (χ2n) is 6.49. The number of carbonyl (C=O) groups is 1. The van der Waals surface area contributed by atoms with Crippen molar-refractivity contribution in [1.82, 2.24) is 9.78 Å². The molecule has 0 saturated carbocycles. The smallest absolute Gasteiger partial charge is 0.356 e. The second kappa shape index (κ2) is 6.93. The van der Waals surface area contributed by atoms with Gasteiger partial charge < -0.3 is 9.52 Å². The number of carboxylic acids is 1. The highest BCUT2D eigenvalue weighted by Gasteiger charge is 2.15. The number of rotatable bonds is 5. The van der Waals surface area contributed by atoms with Gasteiger partial charge in [-0.2, -0.15) is 5.10 Å². The number of carboxylic acid groups (broad SMARTS) is 1. The Morgan fingerprint density at radius 2 is 1.96 bits per heavy atom. The summed E-state index contributed by atoms with van der Waals surface area (Å²) in [4.78, 5) is 11.1. The first-order valence-corrected chi connectivity index (χ1v) is 8.90. The Balaban J connectivity index is 1.71. The van der Waals surface area contributed by atoms with Crippen molar-refractivity contribution in [2.45, 2.75) is 19.9 Å². The lowest BCUT2D eigenvalue weighted by atomic mass is 10.1. The summed E-state index contributed by atoms with van der Waals surface area (Å²) in [6.07, 6.45) is 0.691. The fourth-order valence-corrected chi connectivity index (χ4v) is 3.43. The molecule has 0 atom stereocenters. The molecule has 1 N–H and O–H groups in total. The Morgan fingerprint density at radius 1 is 1.19 bits per heavy atom. The van der Waals surface area contributed by atoms with Gasteiger partial charge in [0.25, 0.3) is 0 Å². The molecule has 27 heavy (non-hydrogen) atoms. The largest absolute Gasteiger partial charge is 0.476 e. The molecule has 0 radical (unpaired) electrons. The van der Waals surface area contributed by atoms with Crippen molar-refractivity contribution < 1.29 is 14.3 Å². The van der Waals surface area contributed by atoms with E-state index in [0.29, 0.717) is 18.0 Å². The van der Waals surface area contributed by atoms with Crippen LogP contribution in [0.3, 0.4) is 0 Å². The van der Waals surface area contributed by atoms with Crippen LogP contribution in [0.15, 0.2) is 59.0 Å². The Bertz CT molecular complexity index is 1130. The summed E-state index contributed by atoms with van der Waals surface area (Å²) >= 11 is 6.29. The van der Waals surface area contributed by atoms with Gasteiger partial charge in [-0.15, -0.1) is 0 Å². The monoisotopic (exact) mass is 380 g/mol. The molecule has 136 valence electrons. The number of hydrogen-bond acceptors (Lipinski definition) is 3. The number of aromatic carboxylic acids is 1. The predicted octanol–water partition coefficient (Wildman–Crippen LogP) is 4.93. The van der Waals surface area contributed by atoms with E-state index in [4.69, 9.17) is 21.1 Å². The minimum absolute atomic E-state index is 0.0231. The molecule has 4 aromatic rings. The number of fused-ring (bicyclic) bond motifs is 1. The standard InChI is InChI=1S/C21H17ClN2O3/c1-13-7-19(21(25)26)23-24(13)12-16-10-17(22)9-15-11-18(27-20(15)16)8-14-5-3-2-4-6-14/h2-7,9-11H,8,12H2,1H3,(H,25,26). The normalized spacial score (nSPS) is 11.2. The SMILES string of the molecule is Cc1cc(C(=O)O)nn1Cc1cc(Cl)cc2cc(Cc3ccccc3)oc12. The molecule has 0 spiro atoms. The average molecular weight is 381 g/mol. The third-order valence-corrected chi connectivity index (χ3v) is 4.67. The van der Waals surface area contributed by atoms with Crippen LogP contribution in [0.25, 0.3) is 11.0 Å². The van der Waals surface area contributed by atoms with Crippen molar-refractivity contribution >= 4 is 28.5 Å². The third kappa shape index (κ3) is 3.59. The molecule has 0 aliphatic carbocycles. The van der Waals surface area contributed by atoms with E-state index in [1.165, 1.54) is 5.56 Å². The summed E-state index contributed by atoms with van der Waals surface area (Å²) in [6.45, 7) is 2.21. The molecule has 2 heterocycles. The predicted molar refractivity (Wildman–Crippen MR) is 103 cm³/mol. The first-order valence-electron chi connectivity index (χ1n) is 8.52. The van der Waals surface area contributed by atoms with Crippen LogP contribution in [0.1, 0.15) is 33.1 Å². The molecule has 0 aliphatic rings. The highest BCUT2D eigenvalue weighted by atomic mass is 35.5. The molecule has 0 unspecified atom stereocenters. The molecule has 0 amide bonds. The molecule has 4 rings (SSSR count). The van der Waals surface area contributed by atoms with Gasteiger partial charge in [-0.25, -0.2) is 4.79 Å². The van der Waals surface area contributed by atoms with E-state index in [1.54, 1.807) is 10.7 Å². The zero-order chi connectivity index (χ0) is 19.0. The van der Waals surface area contributed by atoms with Gasteiger partial charge in [-0.05, 0) is 36.8 Å². The Morgan fingerprint density at radius 3 is 2.67 bits per heavy atom. The van der Waals surface area contributed by atoms with Gasteiger partial charge in [-0.3, -0.25) is 4.68 Å². The van der Waals surface area contributed by atoms with Gasteiger partial charge in [0.05, 0.1) is 6.54 Å². The summed E-state index contributed by atoms with van der Waals surface area (Å²) in [7, 11) is 0. The van der Waals surface area contributed by atoms with Crippen molar-refractivity contribution in [3.05, 3.63) is 87.9 Å². The Kier molecular flexibility index (Phi) is 4.46. The lowest BCUT2D eigenvalue weighted by Crippen LogP contribution is -2.06. The minimum atomic E-state index is -1.05. The number of furan rings is 1. The highest BCUT2D eigenvalue weighted by molar-refractivity contribution is 6.31. The van der Waals surface area contributed by atoms with Crippen molar-refractivity contribution in [3.8, 4) is 0 Å². The van der Waals surface area contributed by atoms with E-state index in [1.807, 2.05) is 43.3 Å². The van der Waals surface area contributed by atoms with Crippen LogP contribution in [0.5, 0.6) is 0 Å². The molecule has 0 bridgehead atoms. The van der Waals surface area contributed by atoms with Crippen molar-refractivity contribution in [3.63, 3.8) is 0 Å². The molecular weight excluding hydrogens is 364 g/mol. The van der Waals surface area contributed by atoms with Gasteiger partial charge in [0.15, 0.2) is 5.69 Å². The number of benzene rings is 2. The molecule has 0 aliphatic heterocycles. The quantitative estimate of drug-likeness (QED) is 0.533. The molecule has 2 aromatic carbocycles. The van der Waals surface area contributed by atoms with Crippen LogP contribution >= 0.6 is 11.6 Å². The van der Waals surface area contributed by atoms with Gasteiger partial charge in [0, 0.05) is 28.1 Å². The number of nitrogens with zero attached hydrogens (tertiary/aromatic N) is 2. The number of aryl methyl sites for hydroxylation is 1. The van der Waals surface area contributed by atoms with Crippen LogP contribution < -0.4 is 0 Å². The summed E-state index contributed by atoms with van der Waals surface area (Å²) < 4.78 is 7.76. The van der Waals surface area contributed by atoms with E-state index in [9.17, 15) is 4.79 Å². The first-order chi connectivity index (χ1) is 13.0. The van der Waals surface area contributed by atoms with Crippen LogP contribution in [0.4, 0.5) is 0 Å². The van der Waals surface area contributed by atoms with Crippen LogP contribution in [-0.2, 0) is 13.0 Å². The average Bonchev–Trinajstić information content (AvgIpc) is 3.19. The van der Waals surface area contributed by atoms with Gasteiger partial charge in [-0.1, -0.05) is 41.9 Å². The molecule has 5 nitrogen and oxygen atoms in total. The van der Waals surface area contributed by atoms with Crippen molar-refractivity contribution in [2.75, 3.05) is 0 Å². The topological polar surface area (TPSA) is 68.3 Å². The van der Waals surface area contributed by atoms with Gasteiger partial charge in [0.1, 0.15) is 11.3 Å². The van der Waals surface area contributed by atoms with Crippen molar-refractivity contribution in [1.29, 1.82) is 0 Å². The highest BCUT2D eigenvalue weighted by Crippen LogP contribution is 2.29. The number of halogens is 1. The van der Waals surface area contributed by atoms with Crippen molar-refractivity contribution in [2.24, 2.45) is 0 Å². The molecule has 2 aromatic heterocycles. The second-order valence-corrected chi connectivity index (χ2v) is 6.93. The summed E-state index contributed by atoms with van der Waals surface area (Å²) in [5, 5.41) is 14.8. The molecular formula is C21H17ClN2O3. The Labute approximate surface area is 160 Å². The van der Waals surface area contributed by atoms with Gasteiger partial charge >= 0.3 is 5.97 Å². The minimum Gasteiger partial charge on any atom is -0.476 e. The Hall–Kier alpha value is -3.05. The first kappa shape index (κ1) is 17.4. The van der Waals surface area contributed by atoms with E-state index in [0.717, 1.165) is 28.0 Å². The van der Waals surface area contributed by atoms with E-state index in [2.05, 4.69) is 17.2 Å². The zero-order valence-electron chi connectivity index (χ0n) is 14.6. The maximum Gasteiger partial charge on any atom is 0.356 e.